The van der Waals surface area contributed by atoms with Gasteiger partial charge in [0, 0.05) is 6.54 Å². The maximum absolute atomic E-state index is 14.8. The molecule has 0 radical (unpaired) electrons. The number of carbonyl (C=O) groups is 3. The van der Waals surface area contributed by atoms with Gasteiger partial charge in [0.15, 0.2) is 0 Å². The summed E-state index contributed by atoms with van der Waals surface area (Å²) in [6.07, 6.45) is 7.43. The van der Waals surface area contributed by atoms with Gasteiger partial charge in [0.1, 0.15) is 17.6 Å². The van der Waals surface area contributed by atoms with E-state index in [4.69, 9.17) is 21.1 Å². The van der Waals surface area contributed by atoms with Gasteiger partial charge in [-0.3, -0.25) is 14.4 Å². The second-order valence-electron chi connectivity index (χ2n) is 12.2. The van der Waals surface area contributed by atoms with Crippen molar-refractivity contribution in [2.24, 2.45) is 17.8 Å². The number of amides is 2. The highest BCUT2D eigenvalue weighted by Crippen LogP contribution is 2.64. The van der Waals surface area contributed by atoms with Crippen molar-refractivity contribution in [1.82, 2.24) is 4.90 Å². The number of benzene rings is 1. The topological polar surface area (TPSA) is 96.4 Å². The van der Waals surface area contributed by atoms with Crippen molar-refractivity contribution in [3.63, 3.8) is 0 Å². The van der Waals surface area contributed by atoms with Gasteiger partial charge in [0.2, 0.25) is 5.91 Å². The van der Waals surface area contributed by atoms with Gasteiger partial charge in [-0.05, 0) is 63.5 Å². The number of esters is 1. The largest absolute Gasteiger partial charge is 0.465 e. The van der Waals surface area contributed by atoms with E-state index in [9.17, 15) is 19.5 Å². The number of likely N-dealkylation sites (tertiary alicyclic amines) is 1. The fourth-order valence-corrected chi connectivity index (χ4v) is 7.68. The number of aryl methyl sites for hydroxylation is 1. The minimum Gasteiger partial charge on any atom is -0.465 e. The molecule has 3 aliphatic heterocycles. The number of para-hydroxylation sites is 1. The van der Waals surface area contributed by atoms with E-state index in [1.165, 1.54) is 4.90 Å². The molecule has 4 rings (SSSR count). The smallest absolute Gasteiger partial charge is 0.312 e. The molecule has 1 aromatic carbocycles. The molecule has 8 nitrogen and oxygen atoms in total. The highest BCUT2D eigenvalue weighted by Gasteiger charge is 2.79. The van der Waals surface area contributed by atoms with Gasteiger partial charge in [0.05, 0.1) is 41.5 Å². The number of ether oxygens (including phenoxy) is 2. The molecule has 42 heavy (non-hydrogen) atoms. The Morgan fingerprint density at radius 1 is 1.29 bits per heavy atom. The molecule has 1 aromatic rings. The van der Waals surface area contributed by atoms with Gasteiger partial charge in [-0.2, -0.15) is 0 Å². The van der Waals surface area contributed by atoms with Gasteiger partial charge in [-0.25, -0.2) is 0 Å². The predicted molar refractivity (Wildman–Crippen MR) is 163 cm³/mol. The Hall–Kier alpha value is -2.68. The maximum Gasteiger partial charge on any atom is 0.312 e. The molecular weight excluding hydrogens is 556 g/mol. The lowest BCUT2D eigenvalue weighted by Crippen LogP contribution is -2.60. The maximum atomic E-state index is 14.8. The molecular formula is C33H45ClN2O6. The van der Waals surface area contributed by atoms with E-state index < -0.39 is 41.1 Å². The highest BCUT2D eigenvalue weighted by molar-refractivity contribution is 6.34. The average molecular weight is 601 g/mol. The molecule has 0 aliphatic carbocycles. The van der Waals surface area contributed by atoms with E-state index in [0.717, 1.165) is 18.4 Å². The van der Waals surface area contributed by atoms with Crippen LogP contribution < -0.4 is 4.90 Å². The number of hydrogen-bond donors (Lipinski definition) is 1. The van der Waals surface area contributed by atoms with Gasteiger partial charge >= 0.3 is 5.97 Å². The molecule has 2 amide bonds. The lowest BCUT2D eigenvalue weighted by atomic mass is 9.66. The number of rotatable bonds is 14. The molecule has 7 atom stereocenters. The van der Waals surface area contributed by atoms with Gasteiger partial charge in [0.25, 0.3) is 5.91 Å². The zero-order valence-corrected chi connectivity index (χ0v) is 26.1. The Labute approximate surface area is 254 Å². The second-order valence-corrected chi connectivity index (χ2v) is 12.6. The number of carbonyl (C=O) groups excluding carboxylic acids is 3. The van der Waals surface area contributed by atoms with Crippen molar-refractivity contribution in [1.29, 1.82) is 0 Å². The van der Waals surface area contributed by atoms with Crippen LogP contribution in [0.1, 0.15) is 64.9 Å². The zero-order valence-electron chi connectivity index (χ0n) is 25.3. The monoisotopic (exact) mass is 600 g/mol. The van der Waals surface area contributed by atoms with Gasteiger partial charge in [-0.15, -0.1) is 13.2 Å². The molecule has 0 saturated carbocycles. The van der Waals surface area contributed by atoms with Crippen molar-refractivity contribution in [3.05, 3.63) is 54.1 Å². The predicted octanol–water partition coefficient (Wildman–Crippen LogP) is 5.24. The first kappa shape index (κ1) is 32.2. The number of unbranched alkanes of at least 4 members (excludes halogenated alkanes) is 2. The van der Waals surface area contributed by atoms with E-state index in [0.29, 0.717) is 36.4 Å². The van der Waals surface area contributed by atoms with Gasteiger partial charge < -0.3 is 24.4 Å². The fraction of sp³-hybridized carbons (Fsp3) is 0.606. The molecule has 3 saturated heterocycles. The van der Waals surface area contributed by atoms with Crippen LogP contribution in [0.2, 0.25) is 5.02 Å². The summed E-state index contributed by atoms with van der Waals surface area (Å²) in [4.78, 5) is 46.1. The Balaban J connectivity index is 1.80. The zero-order chi connectivity index (χ0) is 30.8. The van der Waals surface area contributed by atoms with Crippen LogP contribution in [-0.2, 0) is 23.9 Å². The lowest BCUT2D eigenvalue weighted by Gasteiger charge is -2.41. The molecule has 230 valence electrons. The summed E-state index contributed by atoms with van der Waals surface area (Å²) < 4.78 is 12.5. The van der Waals surface area contributed by atoms with Crippen molar-refractivity contribution in [2.75, 3.05) is 24.7 Å². The van der Waals surface area contributed by atoms with Crippen molar-refractivity contribution < 1.29 is 29.0 Å². The molecule has 9 heteroatoms. The Bertz CT molecular complexity index is 1200. The normalized spacial score (nSPS) is 29.2. The Kier molecular flexibility index (Phi) is 9.90. The number of allylic oxidation sites excluding steroid dienone is 1. The summed E-state index contributed by atoms with van der Waals surface area (Å²) in [5, 5.41) is 11.0. The summed E-state index contributed by atoms with van der Waals surface area (Å²) >= 11 is 6.65. The number of aliphatic hydroxyl groups excluding tert-OH is 1. The molecule has 1 spiro atoms. The number of halogens is 1. The molecule has 3 heterocycles. The van der Waals surface area contributed by atoms with Crippen LogP contribution in [0.15, 0.2) is 43.5 Å². The minimum absolute atomic E-state index is 0.109. The lowest BCUT2D eigenvalue weighted by molar-refractivity contribution is -0.161. The molecule has 2 bridgehead atoms. The van der Waals surface area contributed by atoms with Crippen molar-refractivity contribution >= 4 is 35.1 Å². The Morgan fingerprint density at radius 2 is 2.02 bits per heavy atom. The second kappa shape index (κ2) is 12.9. The van der Waals surface area contributed by atoms with E-state index >= 15 is 0 Å². The highest BCUT2D eigenvalue weighted by atomic mass is 35.5. The first-order valence-electron chi connectivity index (χ1n) is 15.1. The third-order valence-corrected chi connectivity index (χ3v) is 9.94. The first-order chi connectivity index (χ1) is 20.0. The third-order valence-electron chi connectivity index (χ3n) is 9.63. The summed E-state index contributed by atoms with van der Waals surface area (Å²) in [5.41, 5.74) is -0.859. The summed E-state index contributed by atoms with van der Waals surface area (Å²) in [7, 11) is 0. The number of nitrogens with zero attached hydrogens (tertiary/aromatic N) is 2. The van der Waals surface area contributed by atoms with Crippen LogP contribution in [0, 0.1) is 24.7 Å². The summed E-state index contributed by atoms with van der Waals surface area (Å²) in [6.45, 7) is 15.3. The van der Waals surface area contributed by atoms with Crippen LogP contribution in [0.4, 0.5) is 5.69 Å². The summed E-state index contributed by atoms with van der Waals surface area (Å²) in [6, 6.07) is 3.71. The van der Waals surface area contributed by atoms with E-state index in [1.54, 1.807) is 17.0 Å². The molecule has 0 aromatic heterocycles. The van der Waals surface area contributed by atoms with E-state index in [2.05, 4.69) is 13.2 Å². The number of hydrogen-bond acceptors (Lipinski definition) is 6. The Morgan fingerprint density at radius 3 is 2.64 bits per heavy atom. The van der Waals surface area contributed by atoms with Crippen LogP contribution >= 0.6 is 11.6 Å². The summed E-state index contributed by atoms with van der Waals surface area (Å²) in [5.74, 6) is -3.06. The van der Waals surface area contributed by atoms with Crippen molar-refractivity contribution in [3.8, 4) is 0 Å². The first-order valence-corrected chi connectivity index (χ1v) is 15.5. The third kappa shape index (κ3) is 5.31. The molecule has 2 unspecified atom stereocenters. The number of fused-ring (bicyclic) bond motifs is 1. The molecule has 3 fully saturated rings. The average Bonchev–Trinajstić information content (AvgIpc) is 3.53. The SMILES string of the molecule is C=CCCCCOC(=O)[C@@H]1[C@H]2C(=O)N([C@@H](CO)[C@@H](C)CC)C(C(=O)N(CC=C)c3c(C)cccc3Cl)C23CC[C@@]1(C)O3. The van der Waals surface area contributed by atoms with Crippen LogP contribution in [0.5, 0.6) is 0 Å². The van der Waals surface area contributed by atoms with Crippen LogP contribution in [0.3, 0.4) is 0 Å². The number of anilines is 1. The minimum atomic E-state index is -1.25. The number of aliphatic hydroxyl groups is 1. The molecule has 1 N–H and O–H groups in total. The van der Waals surface area contributed by atoms with Crippen LogP contribution in [0.25, 0.3) is 0 Å². The van der Waals surface area contributed by atoms with Crippen molar-refractivity contribution in [2.45, 2.75) is 89.5 Å². The van der Waals surface area contributed by atoms with E-state index in [-0.39, 0.29) is 37.5 Å². The molecule has 3 aliphatic rings. The van der Waals surface area contributed by atoms with Gasteiger partial charge in [-0.1, -0.05) is 56.2 Å². The quantitative estimate of drug-likeness (QED) is 0.178. The fourth-order valence-electron chi connectivity index (χ4n) is 7.36. The van der Waals surface area contributed by atoms with Crippen LogP contribution in [-0.4, -0.2) is 70.8 Å². The standard InChI is InChI=1S/C33H45ClN2O6/c1-7-10-11-12-19-41-31(40)26-25-29(38)36(24(20-37)21(4)9-3)28(33(25)17-16-32(26,6)42-33)30(39)35(18-8-2)27-22(5)14-13-15-23(27)34/h7-8,13-15,21,24-26,28,37H,1-2,9-12,16-20H2,3-6H3/t21-,24-,25-,26-,28?,32+,33?/m0/s1. The van der Waals surface area contributed by atoms with E-state index in [1.807, 2.05) is 45.9 Å².